The molecule has 0 atom stereocenters. The van der Waals surface area contributed by atoms with Crippen molar-refractivity contribution in [3.05, 3.63) is 22.7 Å². The smallest absolute Gasteiger partial charge is 0.243 e. The zero-order valence-electron chi connectivity index (χ0n) is 12.3. The van der Waals surface area contributed by atoms with Gasteiger partial charge in [-0.15, -0.1) is 0 Å². The third kappa shape index (κ3) is 4.70. The van der Waals surface area contributed by atoms with Crippen LogP contribution in [-0.4, -0.2) is 32.9 Å². The number of halogens is 1. The van der Waals surface area contributed by atoms with E-state index in [1.807, 2.05) is 19.9 Å². The molecule has 0 N–H and O–H groups in total. The van der Waals surface area contributed by atoms with Gasteiger partial charge in [-0.3, -0.25) is 0 Å². The topological polar surface area (TPSA) is 70.4 Å². The molecule has 1 rings (SSSR count). The summed E-state index contributed by atoms with van der Waals surface area (Å²) in [6, 6.07) is 6.63. The van der Waals surface area contributed by atoms with E-state index in [2.05, 4.69) is 15.9 Å². The lowest BCUT2D eigenvalue weighted by atomic mass is 10.2. The van der Waals surface area contributed by atoms with Gasteiger partial charge in [0.25, 0.3) is 0 Å². The first kappa shape index (κ1) is 18.0. The number of hydrogen-bond donors (Lipinski definition) is 0. The molecule has 1 aromatic rings. The summed E-state index contributed by atoms with van der Waals surface area (Å²) >= 11 is 3.29. The average molecular weight is 375 g/mol. The highest BCUT2D eigenvalue weighted by Gasteiger charge is 2.25. The lowest BCUT2D eigenvalue weighted by Crippen LogP contribution is -2.35. The van der Waals surface area contributed by atoms with E-state index in [4.69, 9.17) is 10.00 Å². The Balaban J connectivity index is 3.15. The number of nitriles is 1. The van der Waals surface area contributed by atoms with E-state index in [1.54, 1.807) is 6.07 Å². The first-order valence-electron chi connectivity index (χ1n) is 6.53. The van der Waals surface area contributed by atoms with Crippen LogP contribution >= 0.6 is 15.9 Å². The lowest BCUT2D eigenvalue weighted by molar-refractivity contribution is 0.372. The van der Waals surface area contributed by atoms with Crippen LogP contribution in [0.3, 0.4) is 0 Å². The largest absolute Gasteiger partial charge is 0.496 e. The van der Waals surface area contributed by atoms with E-state index in [9.17, 15) is 8.42 Å². The number of rotatable bonds is 7. The lowest BCUT2D eigenvalue weighted by Gasteiger charge is -2.23. The van der Waals surface area contributed by atoms with Crippen molar-refractivity contribution in [2.45, 2.75) is 25.2 Å². The van der Waals surface area contributed by atoms with Crippen LogP contribution < -0.4 is 4.74 Å². The minimum absolute atomic E-state index is 0.170. The van der Waals surface area contributed by atoms with Crippen molar-refractivity contribution in [2.24, 2.45) is 5.92 Å². The van der Waals surface area contributed by atoms with Crippen LogP contribution in [0.4, 0.5) is 0 Å². The van der Waals surface area contributed by atoms with Crippen molar-refractivity contribution >= 4 is 26.0 Å². The summed E-state index contributed by atoms with van der Waals surface area (Å²) in [6.45, 7) is 4.46. The van der Waals surface area contributed by atoms with Crippen LogP contribution in [0.1, 0.15) is 20.3 Å². The maximum Gasteiger partial charge on any atom is 0.243 e. The van der Waals surface area contributed by atoms with Gasteiger partial charge in [-0.25, -0.2) is 8.42 Å². The van der Waals surface area contributed by atoms with Gasteiger partial charge in [0.05, 0.1) is 22.5 Å². The molecule has 0 saturated carbocycles. The number of nitrogens with zero attached hydrogens (tertiary/aromatic N) is 2. The molecule has 0 heterocycles. The molecule has 0 amide bonds. The normalized spacial score (nSPS) is 11.7. The van der Waals surface area contributed by atoms with Crippen LogP contribution in [0.25, 0.3) is 0 Å². The zero-order valence-corrected chi connectivity index (χ0v) is 14.7. The molecule has 0 saturated heterocycles. The number of benzene rings is 1. The van der Waals surface area contributed by atoms with E-state index >= 15 is 0 Å². The Bertz CT molecular complexity index is 624. The fourth-order valence-electron chi connectivity index (χ4n) is 1.85. The summed E-state index contributed by atoms with van der Waals surface area (Å²) in [5.74, 6) is 0.751. The minimum Gasteiger partial charge on any atom is -0.496 e. The molecule has 0 fully saturated rings. The van der Waals surface area contributed by atoms with Gasteiger partial charge in [-0.2, -0.15) is 9.57 Å². The van der Waals surface area contributed by atoms with Crippen molar-refractivity contribution in [1.29, 1.82) is 5.26 Å². The summed E-state index contributed by atoms with van der Waals surface area (Å²) in [7, 11) is -2.10. The van der Waals surface area contributed by atoms with Gasteiger partial charge in [0.15, 0.2) is 0 Å². The van der Waals surface area contributed by atoms with Crippen molar-refractivity contribution in [3.63, 3.8) is 0 Å². The average Bonchev–Trinajstić information content (AvgIpc) is 2.42. The van der Waals surface area contributed by atoms with E-state index in [0.717, 1.165) is 0 Å². The summed E-state index contributed by atoms with van der Waals surface area (Å²) in [4.78, 5) is 0.189. The molecule has 0 aliphatic rings. The third-order valence-corrected chi connectivity index (χ3v) is 5.28. The molecular weight excluding hydrogens is 356 g/mol. The van der Waals surface area contributed by atoms with E-state index in [-0.39, 0.29) is 23.8 Å². The molecule has 0 aromatic heterocycles. The summed E-state index contributed by atoms with van der Waals surface area (Å²) in [5, 5.41) is 8.70. The molecule has 1 aromatic carbocycles. The number of ether oxygens (including phenoxy) is 1. The van der Waals surface area contributed by atoms with Crippen LogP contribution in [0.15, 0.2) is 27.6 Å². The predicted molar refractivity (Wildman–Crippen MR) is 84.5 cm³/mol. The number of methoxy groups -OCH3 is 1. The Morgan fingerprint density at radius 3 is 2.57 bits per heavy atom. The maximum atomic E-state index is 12.7. The van der Waals surface area contributed by atoms with Gasteiger partial charge in [0.1, 0.15) is 5.75 Å². The van der Waals surface area contributed by atoms with Gasteiger partial charge in [-0.1, -0.05) is 13.8 Å². The molecular formula is C14H19BrN2O3S. The fraction of sp³-hybridized carbons (Fsp3) is 0.500. The number of sulfonamides is 1. The quantitative estimate of drug-likeness (QED) is 0.735. The third-order valence-electron chi connectivity index (χ3n) is 2.80. The molecule has 0 aliphatic heterocycles. The summed E-state index contributed by atoms with van der Waals surface area (Å²) < 4.78 is 32.4. The molecule has 7 heteroatoms. The van der Waals surface area contributed by atoms with Gasteiger partial charge >= 0.3 is 0 Å². The highest BCUT2D eigenvalue weighted by molar-refractivity contribution is 9.10. The molecule has 0 aliphatic carbocycles. The molecule has 0 unspecified atom stereocenters. The Hall–Kier alpha value is -1.10. The van der Waals surface area contributed by atoms with Crippen molar-refractivity contribution in [3.8, 4) is 11.8 Å². The molecule has 116 valence electrons. The van der Waals surface area contributed by atoms with Crippen LogP contribution in [0.5, 0.6) is 5.75 Å². The monoisotopic (exact) mass is 374 g/mol. The van der Waals surface area contributed by atoms with Crippen LogP contribution in [0, 0.1) is 17.2 Å². The fourth-order valence-corrected chi connectivity index (χ4v) is 4.17. The first-order valence-corrected chi connectivity index (χ1v) is 8.77. The Kier molecular flexibility index (Phi) is 6.65. The summed E-state index contributed by atoms with van der Waals surface area (Å²) in [6.07, 6.45) is 0.170. The first-order chi connectivity index (χ1) is 9.82. The standard InChI is InChI=1S/C14H19BrN2O3S/c1-11(2)10-17(8-4-7-16)21(18,19)12-5-6-14(20-3)13(15)9-12/h5-6,9,11H,4,8,10H2,1-3H3. The predicted octanol–water partition coefficient (Wildman–Crippen LogP) is 3.02. The summed E-state index contributed by atoms with van der Waals surface area (Å²) in [5.41, 5.74) is 0. The molecule has 5 nitrogen and oxygen atoms in total. The Labute approximate surface area is 134 Å². The maximum absolute atomic E-state index is 12.7. The SMILES string of the molecule is COc1ccc(S(=O)(=O)N(CCC#N)CC(C)C)cc1Br. The number of hydrogen-bond acceptors (Lipinski definition) is 4. The van der Waals surface area contributed by atoms with Gasteiger partial charge in [-0.05, 0) is 40.0 Å². The van der Waals surface area contributed by atoms with Crippen molar-refractivity contribution in [1.82, 2.24) is 4.31 Å². The Morgan fingerprint density at radius 2 is 2.10 bits per heavy atom. The second kappa shape index (κ2) is 7.78. The minimum atomic E-state index is -3.62. The molecule has 0 spiro atoms. The zero-order chi connectivity index (χ0) is 16.0. The van der Waals surface area contributed by atoms with E-state index < -0.39 is 10.0 Å². The second-order valence-electron chi connectivity index (χ2n) is 4.96. The second-order valence-corrected chi connectivity index (χ2v) is 7.75. The van der Waals surface area contributed by atoms with E-state index in [1.165, 1.54) is 23.5 Å². The van der Waals surface area contributed by atoms with Gasteiger partial charge < -0.3 is 4.74 Å². The van der Waals surface area contributed by atoms with Crippen LogP contribution in [0.2, 0.25) is 0 Å². The van der Waals surface area contributed by atoms with Crippen LogP contribution in [-0.2, 0) is 10.0 Å². The van der Waals surface area contributed by atoms with Crippen molar-refractivity contribution in [2.75, 3.05) is 20.2 Å². The Morgan fingerprint density at radius 1 is 1.43 bits per heavy atom. The highest BCUT2D eigenvalue weighted by atomic mass is 79.9. The van der Waals surface area contributed by atoms with Gasteiger partial charge in [0.2, 0.25) is 10.0 Å². The van der Waals surface area contributed by atoms with Crippen molar-refractivity contribution < 1.29 is 13.2 Å². The highest BCUT2D eigenvalue weighted by Crippen LogP contribution is 2.29. The molecule has 0 bridgehead atoms. The van der Waals surface area contributed by atoms with E-state index in [0.29, 0.717) is 16.8 Å². The molecule has 0 radical (unpaired) electrons. The molecule has 21 heavy (non-hydrogen) atoms. The van der Waals surface area contributed by atoms with Gasteiger partial charge in [0, 0.05) is 19.5 Å².